The maximum Gasteiger partial charge on any atom is 0.191 e. The van der Waals surface area contributed by atoms with Gasteiger partial charge in [0.2, 0.25) is 0 Å². The number of nitrogens with zero attached hydrogens (tertiary/aromatic N) is 5. The van der Waals surface area contributed by atoms with Crippen molar-refractivity contribution in [2.75, 3.05) is 39.2 Å². The van der Waals surface area contributed by atoms with E-state index < -0.39 is 0 Å². The van der Waals surface area contributed by atoms with Gasteiger partial charge >= 0.3 is 0 Å². The van der Waals surface area contributed by atoms with Gasteiger partial charge in [-0.2, -0.15) is 11.8 Å². The van der Waals surface area contributed by atoms with Gasteiger partial charge in [-0.15, -0.1) is 34.2 Å². The van der Waals surface area contributed by atoms with Crippen molar-refractivity contribution in [3.8, 4) is 0 Å². The molecule has 0 bridgehead atoms. The zero-order valence-corrected chi connectivity index (χ0v) is 18.0. The zero-order chi connectivity index (χ0) is 17.0. The smallest absolute Gasteiger partial charge is 0.191 e. The molecule has 0 amide bonds. The lowest BCUT2D eigenvalue weighted by Gasteiger charge is -2.36. The SMILES string of the molecule is CN=C(NCc1nnc2ccccn12)NCC1(N(C)C)CCSC1.I. The second kappa shape index (κ2) is 9.04. The van der Waals surface area contributed by atoms with Gasteiger partial charge in [0.1, 0.15) is 0 Å². The van der Waals surface area contributed by atoms with E-state index in [9.17, 15) is 0 Å². The van der Waals surface area contributed by atoms with Gasteiger partial charge in [-0.25, -0.2) is 0 Å². The van der Waals surface area contributed by atoms with E-state index in [2.05, 4.69) is 44.8 Å². The van der Waals surface area contributed by atoms with Crippen molar-refractivity contribution in [3.05, 3.63) is 30.2 Å². The number of halogens is 1. The summed E-state index contributed by atoms with van der Waals surface area (Å²) >= 11 is 2.02. The summed E-state index contributed by atoms with van der Waals surface area (Å²) in [6, 6.07) is 5.88. The van der Waals surface area contributed by atoms with Gasteiger partial charge in [-0.1, -0.05) is 6.07 Å². The summed E-state index contributed by atoms with van der Waals surface area (Å²) in [6.45, 7) is 1.46. The van der Waals surface area contributed by atoms with Gasteiger partial charge in [0.15, 0.2) is 17.4 Å². The topological polar surface area (TPSA) is 69.8 Å². The van der Waals surface area contributed by atoms with E-state index in [1.54, 1.807) is 7.05 Å². The van der Waals surface area contributed by atoms with Crippen LogP contribution in [0.1, 0.15) is 12.2 Å². The van der Waals surface area contributed by atoms with Crippen molar-refractivity contribution in [1.82, 2.24) is 30.1 Å². The van der Waals surface area contributed by atoms with Crippen LogP contribution in [0.2, 0.25) is 0 Å². The van der Waals surface area contributed by atoms with Gasteiger partial charge < -0.3 is 15.5 Å². The summed E-state index contributed by atoms with van der Waals surface area (Å²) in [4.78, 5) is 6.66. The fourth-order valence-electron chi connectivity index (χ4n) is 2.89. The predicted molar refractivity (Wildman–Crippen MR) is 115 cm³/mol. The number of likely N-dealkylation sites (N-methyl/N-ethyl adjacent to an activating group) is 1. The number of aliphatic imine (C=N–C) groups is 1. The lowest BCUT2D eigenvalue weighted by molar-refractivity contribution is 0.183. The van der Waals surface area contributed by atoms with Crippen molar-refractivity contribution < 1.29 is 0 Å². The van der Waals surface area contributed by atoms with Gasteiger partial charge in [0, 0.05) is 31.1 Å². The Morgan fingerprint density at radius 1 is 1.36 bits per heavy atom. The largest absolute Gasteiger partial charge is 0.355 e. The fourth-order valence-corrected chi connectivity index (χ4v) is 4.44. The Labute approximate surface area is 170 Å². The first-order valence-electron chi connectivity index (χ1n) is 8.13. The maximum atomic E-state index is 4.33. The molecule has 2 N–H and O–H groups in total. The average Bonchev–Trinajstić information content (AvgIpc) is 3.23. The van der Waals surface area contributed by atoms with Gasteiger partial charge in [-0.05, 0) is 38.4 Å². The number of rotatable bonds is 5. The van der Waals surface area contributed by atoms with Crippen LogP contribution in [0.5, 0.6) is 0 Å². The lowest BCUT2D eigenvalue weighted by Crippen LogP contribution is -2.54. The Kier molecular flexibility index (Phi) is 7.32. The molecule has 0 saturated carbocycles. The molecule has 2 aromatic heterocycles. The Balaban J connectivity index is 0.00000225. The first kappa shape index (κ1) is 20.2. The van der Waals surface area contributed by atoms with E-state index in [1.165, 1.54) is 12.2 Å². The molecule has 1 saturated heterocycles. The number of fused-ring (bicyclic) bond motifs is 1. The molecule has 25 heavy (non-hydrogen) atoms. The number of hydrogen-bond donors (Lipinski definition) is 2. The average molecular weight is 475 g/mol. The Morgan fingerprint density at radius 2 is 2.20 bits per heavy atom. The molecule has 3 heterocycles. The molecule has 1 unspecified atom stereocenters. The maximum absolute atomic E-state index is 4.33. The van der Waals surface area contributed by atoms with Crippen molar-refractivity contribution in [1.29, 1.82) is 0 Å². The minimum absolute atomic E-state index is 0. The van der Waals surface area contributed by atoms with Crippen molar-refractivity contribution in [2.24, 2.45) is 4.99 Å². The van der Waals surface area contributed by atoms with Crippen LogP contribution >= 0.6 is 35.7 Å². The highest BCUT2D eigenvalue weighted by molar-refractivity contribution is 14.0. The summed E-state index contributed by atoms with van der Waals surface area (Å²) in [5, 5.41) is 15.2. The second-order valence-electron chi connectivity index (χ2n) is 6.25. The molecule has 0 aromatic carbocycles. The number of hydrogen-bond acceptors (Lipinski definition) is 5. The molecule has 2 aromatic rings. The predicted octanol–water partition coefficient (Wildman–Crippen LogP) is 1.45. The molecule has 7 nitrogen and oxygen atoms in total. The van der Waals surface area contributed by atoms with Gasteiger partial charge in [0.05, 0.1) is 6.54 Å². The van der Waals surface area contributed by atoms with Gasteiger partial charge in [0.25, 0.3) is 0 Å². The highest BCUT2D eigenvalue weighted by atomic mass is 127. The zero-order valence-electron chi connectivity index (χ0n) is 14.9. The number of nitrogens with one attached hydrogen (secondary N) is 2. The third-order valence-electron chi connectivity index (χ3n) is 4.64. The highest BCUT2D eigenvalue weighted by Gasteiger charge is 2.36. The quantitative estimate of drug-likeness (QED) is 0.388. The van der Waals surface area contributed by atoms with E-state index in [0.29, 0.717) is 6.54 Å². The molecule has 138 valence electrons. The number of aromatic nitrogens is 3. The van der Waals surface area contributed by atoms with Crippen LogP contribution in [0, 0.1) is 0 Å². The summed E-state index contributed by atoms with van der Waals surface area (Å²) in [5.41, 5.74) is 1.05. The molecular formula is C16H26IN7S. The van der Waals surface area contributed by atoms with Crippen molar-refractivity contribution in [3.63, 3.8) is 0 Å². The van der Waals surface area contributed by atoms with E-state index in [4.69, 9.17) is 0 Å². The minimum atomic E-state index is 0. The second-order valence-corrected chi connectivity index (χ2v) is 7.35. The third-order valence-corrected chi connectivity index (χ3v) is 5.87. The van der Waals surface area contributed by atoms with Crippen molar-refractivity contribution in [2.45, 2.75) is 18.5 Å². The highest BCUT2D eigenvalue weighted by Crippen LogP contribution is 2.31. The summed E-state index contributed by atoms with van der Waals surface area (Å²) in [7, 11) is 6.11. The first-order valence-corrected chi connectivity index (χ1v) is 9.28. The lowest BCUT2D eigenvalue weighted by atomic mass is 9.97. The molecule has 1 aliphatic heterocycles. The first-order chi connectivity index (χ1) is 11.6. The van der Waals surface area contributed by atoms with Crippen LogP contribution in [0.4, 0.5) is 0 Å². The van der Waals surface area contributed by atoms with Crippen LogP contribution in [-0.2, 0) is 6.54 Å². The van der Waals surface area contributed by atoms with Crippen LogP contribution in [-0.4, -0.2) is 70.2 Å². The third kappa shape index (κ3) is 4.56. The molecule has 0 radical (unpaired) electrons. The molecule has 0 spiro atoms. The molecule has 1 fully saturated rings. The van der Waals surface area contributed by atoms with Crippen LogP contribution in [0.15, 0.2) is 29.4 Å². The van der Waals surface area contributed by atoms with Crippen molar-refractivity contribution >= 4 is 47.3 Å². The molecule has 3 rings (SSSR count). The molecule has 1 aliphatic rings. The summed E-state index contributed by atoms with van der Waals surface area (Å²) < 4.78 is 1.98. The normalized spacial score (nSPS) is 20.7. The summed E-state index contributed by atoms with van der Waals surface area (Å²) in [5.74, 6) is 4.03. The van der Waals surface area contributed by atoms with Crippen LogP contribution in [0.3, 0.4) is 0 Å². The van der Waals surface area contributed by atoms with E-state index in [1.807, 2.05) is 40.6 Å². The number of pyridine rings is 1. The van der Waals surface area contributed by atoms with E-state index >= 15 is 0 Å². The Hall–Kier alpha value is -1.07. The van der Waals surface area contributed by atoms with E-state index in [-0.39, 0.29) is 29.5 Å². The molecule has 9 heteroatoms. The number of guanidine groups is 1. The molecule has 0 aliphatic carbocycles. The molecular weight excluding hydrogens is 449 g/mol. The standard InChI is InChI=1S/C16H25N7S.HI/c1-17-15(19-11-16(22(2)3)7-9-24-12-16)18-10-14-21-20-13-6-4-5-8-23(13)14;/h4-6,8H,7,9-12H2,1-3H3,(H2,17,18,19);1H. The van der Waals surface area contributed by atoms with Crippen LogP contribution < -0.4 is 10.6 Å². The fraction of sp³-hybridized carbons (Fsp3) is 0.562. The Bertz CT molecular complexity index is 709. The molecule has 1 atom stereocenters. The Morgan fingerprint density at radius 3 is 2.88 bits per heavy atom. The van der Waals surface area contributed by atoms with E-state index in [0.717, 1.165) is 29.7 Å². The number of thioether (sulfide) groups is 1. The van der Waals surface area contributed by atoms with Gasteiger partial charge in [-0.3, -0.25) is 9.39 Å². The summed E-state index contributed by atoms with van der Waals surface area (Å²) in [6.07, 6.45) is 3.17. The monoisotopic (exact) mass is 475 g/mol. The van der Waals surface area contributed by atoms with Crippen LogP contribution in [0.25, 0.3) is 5.65 Å². The minimum Gasteiger partial charge on any atom is -0.355 e.